The molecule has 0 spiro atoms. The van der Waals surface area contributed by atoms with Crippen LogP contribution in [0.15, 0.2) is 12.1 Å². The van der Waals surface area contributed by atoms with Crippen molar-refractivity contribution in [2.45, 2.75) is 19.6 Å². The highest BCUT2D eigenvalue weighted by atomic mass is 35.5. The quantitative estimate of drug-likeness (QED) is 0.507. The summed E-state index contributed by atoms with van der Waals surface area (Å²) >= 11 is 5.53. The molecule has 0 atom stereocenters. The van der Waals surface area contributed by atoms with E-state index in [1.54, 1.807) is 0 Å². The van der Waals surface area contributed by atoms with Crippen LogP contribution in [0.4, 0.5) is 10.1 Å². The number of halogens is 2. The van der Waals surface area contributed by atoms with Crippen molar-refractivity contribution < 1.29 is 19.2 Å². The Labute approximate surface area is 95.6 Å². The predicted octanol–water partition coefficient (Wildman–Crippen LogP) is 2.49. The van der Waals surface area contributed by atoms with Crippen LogP contribution in [0.25, 0.3) is 0 Å². The monoisotopic (exact) mass is 249 g/mol. The molecular formula is C9H9ClFNO4. The molecule has 0 radical (unpaired) electrons. The first-order valence-corrected chi connectivity index (χ1v) is 4.64. The van der Waals surface area contributed by atoms with Gasteiger partial charge >= 0.3 is 5.69 Å². The molecule has 0 saturated carbocycles. The Kier molecular flexibility index (Phi) is 3.35. The van der Waals surface area contributed by atoms with Gasteiger partial charge in [-0.25, -0.2) is 4.39 Å². The number of benzene rings is 1. The van der Waals surface area contributed by atoms with E-state index in [0.29, 0.717) is 0 Å². The Bertz CT molecular complexity index is 430. The molecule has 1 aromatic carbocycles. The van der Waals surface area contributed by atoms with Gasteiger partial charge in [0.15, 0.2) is 0 Å². The summed E-state index contributed by atoms with van der Waals surface area (Å²) in [7, 11) is 0. The summed E-state index contributed by atoms with van der Waals surface area (Å²) in [5, 5.41) is 19.5. The fourth-order valence-corrected chi connectivity index (χ4v) is 1.21. The van der Waals surface area contributed by atoms with Gasteiger partial charge in [0, 0.05) is 19.9 Å². The van der Waals surface area contributed by atoms with Crippen molar-refractivity contribution in [2.75, 3.05) is 0 Å². The zero-order valence-electron chi connectivity index (χ0n) is 8.53. The maximum Gasteiger partial charge on any atom is 0.312 e. The average molecular weight is 250 g/mol. The molecule has 1 aromatic rings. The first-order valence-electron chi connectivity index (χ1n) is 4.26. The van der Waals surface area contributed by atoms with Crippen LogP contribution < -0.4 is 4.74 Å². The number of hydrogen-bond acceptors (Lipinski definition) is 4. The van der Waals surface area contributed by atoms with Crippen LogP contribution in [-0.2, 0) is 0 Å². The second-order valence-electron chi connectivity index (χ2n) is 3.52. The van der Waals surface area contributed by atoms with E-state index in [2.05, 4.69) is 0 Å². The molecule has 0 fully saturated rings. The topological polar surface area (TPSA) is 72.6 Å². The van der Waals surface area contributed by atoms with Crippen molar-refractivity contribution in [1.82, 2.24) is 0 Å². The number of nitrogens with zero attached hydrogens (tertiary/aromatic N) is 1. The highest BCUT2D eigenvalue weighted by Gasteiger charge is 2.26. The third-order valence-corrected chi connectivity index (χ3v) is 1.93. The fraction of sp³-hybridized carbons (Fsp3) is 0.333. The van der Waals surface area contributed by atoms with Crippen molar-refractivity contribution in [3.63, 3.8) is 0 Å². The summed E-state index contributed by atoms with van der Waals surface area (Å²) in [6, 6.07) is 1.78. The molecule has 0 bridgehead atoms. The number of nitro benzene ring substituents is 1. The lowest BCUT2D eigenvalue weighted by Gasteiger charge is -2.20. The molecule has 5 nitrogen and oxygen atoms in total. The maximum atomic E-state index is 13.1. The molecular weight excluding hydrogens is 241 g/mol. The third kappa shape index (κ3) is 2.80. The van der Waals surface area contributed by atoms with Crippen molar-refractivity contribution in [3.05, 3.63) is 33.1 Å². The highest BCUT2D eigenvalue weighted by Crippen LogP contribution is 2.38. The maximum absolute atomic E-state index is 13.1. The van der Waals surface area contributed by atoms with Crippen LogP contribution in [0, 0.1) is 15.9 Å². The first-order chi connectivity index (χ1) is 7.22. The SMILES string of the molecule is CC(C)(O)Oc1c([N+](=O)[O-])ccc(F)c1Cl. The molecule has 0 unspecified atom stereocenters. The van der Waals surface area contributed by atoms with Crippen LogP contribution in [0.3, 0.4) is 0 Å². The Morgan fingerprint density at radius 1 is 1.56 bits per heavy atom. The van der Waals surface area contributed by atoms with E-state index in [1.807, 2.05) is 0 Å². The van der Waals surface area contributed by atoms with Gasteiger partial charge < -0.3 is 9.84 Å². The van der Waals surface area contributed by atoms with Gasteiger partial charge in [0.25, 0.3) is 0 Å². The lowest BCUT2D eigenvalue weighted by molar-refractivity contribution is -0.386. The Morgan fingerprint density at radius 2 is 2.12 bits per heavy atom. The van der Waals surface area contributed by atoms with E-state index in [9.17, 15) is 19.6 Å². The first kappa shape index (κ1) is 12.7. The Morgan fingerprint density at radius 3 is 2.56 bits per heavy atom. The summed E-state index contributed by atoms with van der Waals surface area (Å²) in [6.45, 7) is 2.50. The zero-order valence-corrected chi connectivity index (χ0v) is 9.29. The largest absolute Gasteiger partial charge is 0.454 e. The molecule has 0 aromatic heterocycles. The van der Waals surface area contributed by atoms with Gasteiger partial charge in [-0.05, 0) is 6.07 Å². The van der Waals surface area contributed by atoms with E-state index in [4.69, 9.17) is 16.3 Å². The molecule has 0 saturated heterocycles. The molecule has 0 aliphatic heterocycles. The van der Waals surface area contributed by atoms with Crippen LogP contribution in [0.5, 0.6) is 5.75 Å². The van der Waals surface area contributed by atoms with Gasteiger partial charge in [0.2, 0.25) is 11.5 Å². The predicted molar refractivity (Wildman–Crippen MR) is 55.0 cm³/mol. The van der Waals surface area contributed by atoms with Crippen LogP contribution in [0.1, 0.15) is 13.8 Å². The number of rotatable bonds is 3. The van der Waals surface area contributed by atoms with Gasteiger partial charge in [-0.1, -0.05) is 11.6 Å². The van der Waals surface area contributed by atoms with Gasteiger partial charge in [-0.2, -0.15) is 0 Å². The van der Waals surface area contributed by atoms with E-state index in [-0.39, 0.29) is 0 Å². The van der Waals surface area contributed by atoms with Crippen molar-refractivity contribution >= 4 is 17.3 Å². The summed E-state index contributed by atoms with van der Waals surface area (Å²) < 4.78 is 17.9. The lowest BCUT2D eigenvalue weighted by Crippen LogP contribution is -2.27. The van der Waals surface area contributed by atoms with Gasteiger partial charge in [0.05, 0.1) is 4.92 Å². The molecule has 1 N–H and O–H groups in total. The van der Waals surface area contributed by atoms with E-state index >= 15 is 0 Å². The Hall–Kier alpha value is -1.40. The molecule has 88 valence electrons. The second-order valence-corrected chi connectivity index (χ2v) is 3.89. The molecule has 0 heterocycles. The normalized spacial score (nSPS) is 11.3. The summed E-state index contributed by atoms with van der Waals surface area (Å²) in [5.74, 6) is -3.03. The average Bonchev–Trinajstić information content (AvgIpc) is 2.10. The minimum absolute atomic E-state index is 0.487. The minimum atomic E-state index is -1.69. The van der Waals surface area contributed by atoms with Crippen molar-refractivity contribution in [3.8, 4) is 5.75 Å². The van der Waals surface area contributed by atoms with Crippen molar-refractivity contribution in [1.29, 1.82) is 0 Å². The molecule has 7 heteroatoms. The summed E-state index contributed by atoms with van der Waals surface area (Å²) in [4.78, 5) is 9.86. The number of hydrogen-bond donors (Lipinski definition) is 1. The smallest absolute Gasteiger partial charge is 0.312 e. The Balaban J connectivity index is 3.32. The number of aliphatic hydroxyl groups is 1. The van der Waals surface area contributed by atoms with E-state index in [1.165, 1.54) is 13.8 Å². The van der Waals surface area contributed by atoms with Crippen LogP contribution in [0.2, 0.25) is 5.02 Å². The van der Waals surface area contributed by atoms with Crippen LogP contribution >= 0.6 is 11.6 Å². The summed E-state index contributed by atoms with van der Waals surface area (Å²) in [5.41, 5.74) is -0.506. The minimum Gasteiger partial charge on any atom is -0.454 e. The standard InChI is InChI=1S/C9H9ClFNO4/c1-9(2,13)16-8-6(12(14)15)4-3-5(11)7(8)10/h3-4,13H,1-2H3. The molecule has 1 rings (SSSR count). The zero-order chi connectivity index (χ0) is 12.5. The van der Waals surface area contributed by atoms with Gasteiger partial charge in [-0.15, -0.1) is 0 Å². The van der Waals surface area contributed by atoms with Crippen molar-refractivity contribution in [2.24, 2.45) is 0 Å². The molecule has 0 amide bonds. The number of nitro groups is 1. The second kappa shape index (κ2) is 4.23. The van der Waals surface area contributed by atoms with Gasteiger partial charge in [-0.3, -0.25) is 10.1 Å². The highest BCUT2D eigenvalue weighted by molar-refractivity contribution is 6.32. The van der Waals surface area contributed by atoms with Crippen LogP contribution in [-0.4, -0.2) is 15.8 Å². The lowest BCUT2D eigenvalue weighted by atomic mass is 10.2. The fourth-order valence-electron chi connectivity index (χ4n) is 1.01. The molecule has 0 aliphatic rings. The summed E-state index contributed by atoms with van der Waals surface area (Å²) in [6.07, 6.45) is 0. The van der Waals surface area contributed by atoms with E-state index in [0.717, 1.165) is 12.1 Å². The van der Waals surface area contributed by atoms with Gasteiger partial charge in [0.1, 0.15) is 10.8 Å². The molecule has 16 heavy (non-hydrogen) atoms. The molecule has 0 aliphatic carbocycles. The van der Waals surface area contributed by atoms with E-state index < -0.39 is 33.0 Å². The third-order valence-electron chi connectivity index (χ3n) is 1.58. The number of ether oxygens (including phenoxy) is 1.